The quantitative estimate of drug-likeness (QED) is 0.852. The predicted molar refractivity (Wildman–Crippen MR) is 103 cm³/mol. The predicted octanol–water partition coefficient (Wildman–Crippen LogP) is 4.34. The number of benzene rings is 2. The smallest absolute Gasteiger partial charge is 0.319 e. The monoisotopic (exact) mass is 337 g/mol. The van der Waals surface area contributed by atoms with E-state index in [2.05, 4.69) is 46.7 Å². The molecule has 2 atom stereocenters. The van der Waals surface area contributed by atoms with Gasteiger partial charge in [0.2, 0.25) is 0 Å². The van der Waals surface area contributed by atoms with E-state index in [-0.39, 0.29) is 18.1 Å². The van der Waals surface area contributed by atoms with Crippen LogP contribution in [-0.2, 0) is 0 Å². The fourth-order valence-corrected chi connectivity index (χ4v) is 3.66. The van der Waals surface area contributed by atoms with Gasteiger partial charge in [-0.2, -0.15) is 0 Å². The Morgan fingerprint density at radius 1 is 1.04 bits per heavy atom. The second-order valence-electron chi connectivity index (χ2n) is 6.86. The Hall–Kier alpha value is -2.33. The van der Waals surface area contributed by atoms with E-state index in [0.717, 1.165) is 24.3 Å². The van der Waals surface area contributed by atoms with E-state index in [1.54, 1.807) is 0 Å². The van der Waals surface area contributed by atoms with Crippen LogP contribution in [0, 0.1) is 6.92 Å². The summed E-state index contributed by atoms with van der Waals surface area (Å²) in [5, 5.41) is 6.07. The first kappa shape index (κ1) is 17.5. The molecule has 2 aromatic carbocycles. The van der Waals surface area contributed by atoms with Crippen molar-refractivity contribution in [2.24, 2.45) is 0 Å². The van der Waals surface area contributed by atoms with Crippen molar-refractivity contribution < 1.29 is 4.79 Å². The van der Waals surface area contributed by atoms with Crippen LogP contribution in [-0.4, -0.2) is 30.1 Å². The number of hydrogen-bond acceptors (Lipinski definition) is 2. The second-order valence-corrected chi connectivity index (χ2v) is 6.86. The summed E-state index contributed by atoms with van der Waals surface area (Å²) in [6, 6.07) is 18.4. The third-order valence-electron chi connectivity index (χ3n) is 4.78. The van der Waals surface area contributed by atoms with Crippen LogP contribution in [0.1, 0.15) is 36.9 Å². The Morgan fingerprint density at radius 2 is 1.76 bits per heavy atom. The van der Waals surface area contributed by atoms with Gasteiger partial charge in [0.05, 0.1) is 6.04 Å². The number of nitrogens with zero attached hydrogens (tertiary/aromatic N) is 1. The Bertz CT molecular complexity index is 695. The summed E-state index contributed by atoms with van der Waals surface area (Å²) < 4.78 is 0. The number of anilines is 1. The van der Waals surface area contributed by atoms with E-state index >= 15 is 0 Å². The standard InChI is InChI=1S/C21H27N3O/c1-16-9-8-12-19(15-16)23-21(25)22-17(2)20(24-13-6-7-14-24)18-10-4-3-5-11-18/h3-5,8-12,15,17,20H,6-7,13-14H2,1-2H3,(H2,22,23,25). The van der Waals surface area contributed by atoms with Crippen molar-refractivity contribution in [2.45, 2.75) is 38.8 Å². The summed E-state index contributed by atoms with van der Waals surface area (Å²) in [6.07, 6.45) is 2.46. The average Bonchev–Trinajstić information content (AvgIpc) is 3.10. The van der Waals surface area contributed by atoms with Crippen LogP contribution >= 0.6 is 0 Å². The Morgan fingerprint density at radius 3 is 2.44 bits per heavy atom. The lowest BCUT2D eigenvalue weighted by Gasteiger charge is -2.33. The van der Waals surface area contributed by atoms with Crippen molar-refractivity contribution in [1.29, 1.82) is 0 Å². The molecule has 0 spiro atoms. The van der Waals surface area contributed by atoms with E-state index in [9.17, 15) is 4.79 Å². The molecule has 4 nitrogen and oxygen atoms in total. The number of carbonyl (C=O) groups excluding carboxylic acids is 1. The highest BCUT2D eigenvalue weighted by atomic mass is 16.2. The molecule has 0 saturated carbocycles. The molecular weight excluding hydrogens is 310 g/mol. The van der Waals surface area contributed by atoms with Gasteiger partial charge in [0.25, 0.3) is 0 Å². The van der Waals surface area contributed by atoms with Gasteiger partial charge in [-0.15, -0.1) is 0 Å². The summed E-state index contributed by atoms with van der Waals surface area (Å²) in [4.78, 5) is 14.9. The SMILES string of the molecule is Cc1cccc(NC(=O)NC(C)C(c2ccccc2)N2CCCC2)c1. The van der Waals surface area contributed by atoms with Gasteiger partial charge >= 0.3 is 6.03 Å². The normalized spacial score (nSPS) is 17.0. The molecule has 2 aromatic rings. The first-order valence-corrected chi connectivity index (χ1v) is 9.06. The number of nitrogens with one attached hydrogen (secondary N) is 2. The number of carbonyl (C=O) groups is 1. The van der Waals surface area contributed by atoms with Gasteiger partial charge < -0.3 is 10.6 Å². The first-order valence-electron chi connectivity index (χ1n) is 9.06. The van der Waals surface area contributed by atoms with E-state index in [1.807, 2.05) is 37.3 Å². The maximum Gasteiger partial charge on any atom is 0.319 e. The lowest BCUT2D eigenvalue weighted by atomic mass is 9.99. The minimum absolute atomic E-state index is 0.0188. The fraction of sp³-hybridized carbons (Fsp3) is 0.381. The third kappa shape index (κ3) is 4.60. The maximum absolute atomic E-state index is 12.4. The molecule has 2 amide bonds. The van der Waals surface area contributed by atoms with Crippen molar-refractivity contribution >= 4 is 11.7 Å². The van der Waals surface area contributed by atoms with Crippen molar-refractivity contribution in [3.05, 3.63) is 65.7 Å². The molecule has 2 unspecified atom stereocenters. The van der Waals surface area contributed by atoms with Crippen LogP contribution in [0.25, 0.3) is 0 Å². The molecular formula is C21H27N3O. The number of amides is 2. The molecule has 3 rings (SSSR count). The molecule has 1 aliphatic heterocycles. The molecule has 1 aliphatic rings. The number of hydrogen-bond donors (Lipinski definition) is 2. The molecule has 132 valence electrons. The highest BCUT2D eigenvalue weighted by Gasteiger charge is 2.29. The molecule has 0 aliphatic carbocycles. The van der Waals surface area contributed by atoms with E-state index in [0.29, 0.717) is 0 Å². The number of aryl methyl sites for hydroxylation is 1. The van der Waals surface area contributed by atoms with Gasteiger partial charge in [-0.05, 0) is 63.0 Å². The van der Waals surface area contributed by atoms with E-state index < -0.39 is 0 Å². The van der Waals surface area contributed by atoms with E-state index in [1.165, 1.54) is 18.4 Å². The summed E-state index contributed by atoms with van der Waals surface area (Å²) in [5.41, 5.74) is 3.21. The van der Waals surface area contributed by atoms with Crippen LogP contribution in [0.4, 0.5) is 10.5 Å². The Kier molecular flexibility index (Phi) is 5.71. The number of rotatable bonds is 5. The Labute approximate surface area is 150 Å². The van der Waals surface area contributed by atoms with E-state index in [4.69, 9.17) is 0 Å². The number of likely N-dealkylation sites (tertiary alicyclic amines) is 1. The number of urea groups is 1. The van der Waals surface area contributed by atoms with Crippen LogP contribution in [0.15, 0.2) is 54.6 Å². The van der Waals surface area contributed by atoms with Crippen LogP contribution in [0.2, 0.25) is 0 Å². The fourth-order valence-electron chi connectivity index (χ4n) is 3.66. The highest BCUT2D eigenvalue weighted by Crippen LogP contribution is 2.28. The van der Waals surface area contributed by atoms with Gasteiger partial charge in [-0.25, -0.2) is 4.79 Å². The summed E-state index contributed by atoms with van der Waals surface area (Å²) in [5.74, 6) is 0. The third-order valence-corrected chi connectivity index (χ3v) is 4.78. The largest absolute Gasteiger partial charge is 0.333 e. The van der Waals surface area contributed by atoms with Crippen molar-refractivity contribution in [3.63, 3.8) is 0 Å². The summed E-state index contributed by atoms with van der Waals surface area (Å²) in [7, 11) is 0. The van der Waals surface area contributed by atoms with Crippen molar-refractivity contribution in [2.75, 3.05) is 18.4 Å². The lowest BCUT2D eigenvalue weighted by Crippen LogP contribution is -2.45. The second kappa shape index (κ2) is 8.17. The zero-order chi connectivity index (χ0) is 17.6. The van der Waals surface area contributed by atoms with Crippen molar-refractivity contribution in [3.8, 4) is 0 Å². The first-order chi connectivity index (χ1) is 12.1. The topological polar surface area (TPSA) is 44.4 Å². The van der Waals surface area contributed by atoms with Crippen LogP contribution in [0.5, 0.6) is 0 Å². The van der Waals surface area contributed by atoms with Crippen molar-refractivity contribution in [1.82, 2.24) is 10.2 Å². The van der Waals surface area contributed by atoms with Crippen LogP contribution in [0.3, 0.4) is 0 Å². The minimum atomic E-state index is -0.154. The van der Waals surface area contributed by atoms with Gasteiger partial charge in [0.1, 0.15) is 0 Å². The van der Waals surface area contributed by atoms with Gasteiger partial charge in [0.15, 0.2) is 0 Å². The zero-order valence-corrected chi connectivity index (χ0v) is 15.0. The molecule has 4 heteroatoms. The minimum Gasteiger partial charge on any atom is -0.333 e. The molecule has 2 N–H and O–H groups in total. The molecule has 0 bridgehead atoms. The van der Waals surface area contributed by atoms with Crippen LogP contribution < -0.4 is 10.6 Å². The lowest BCUT2D eigenvalue weighted by molar-refractivity contribution is 0.197. The molecule has 1 saturated heterocycles. The maximum atomic E-state index is 12.4. The van der Waals surface area contributed by atoms with Gasteiger partial charge in [-0.3, -0.25) is 4.90 Å². The van der Waals surface area contributed by atoms with Gasteiger partial charge in [0, 0.05) is 11.7 Å². The average molecular weight is 337 g/mol. The highest BCUT2D eigenvalue weighted by molar-refractivity contribution is 5.89. The molecule has 0 aromatic heterocycles. The van der Waals surface area contributed by atoms with Gasteiger partial charge in [-0.1, -0.05) is 42.5 Å². The Balaban J connectivity index is 1.69. The molecule has 1 heterocycles. The zero-order valence-electron chi connectivity index (χ0n) is 15.0. The molecule has 25 heavy (non-hydrogen) atoms. The molecule has 1 fully saturated rings. The summed E-state index contributed by atoms with van der Waals surface area (Å²) >= 11 is 0. The summed E-state index contributed by atoms with van der Waals surface area (Å²) in [6.45, 7) is 6.28. The molecule has 0 radical (unpaired) electrons.